The molecular formula is C11H15N3O2. The van der Waals surface area contributed by atoms with E-state index in [0.717, 1.165) is 12.3 Å². The number of nitrogens with one attached hydrogen (secondary N) is 1. The fraction of sp³-hybridized carbons (Fsp3) is 0.636. The van der Waals surface area contributed by atoms with E-state index in [1.807, 2.05) is 0 Å². The van der Waals surface area contributed by atoms with Crippen LogP contribution in [0.3, 0.4) is 0 Å². The maximum absolute atomic E-state index is 11.9. The first-order chi connectivity index (χ1) is 7.68. The lowest BCUT2D eigenvalue weighted by molar-refractivity contribution is 0.0817. The third-order valence-electron chi connectivity index (χ3n) is 3.65. The van der Waals surface area contributed by atoms with Crippen molar-refractivity contribution in [3.05, 3.63) is 17.8 Å². The summed E-state index contributed by atoms with van der Waals surface area (Å²) in [6.45, 7) is 1.03. The summed E-state index contributed by atoms with van der Waals surface area (Å²) in [6.07, 6.45) is 2.57. The molecule has 2 aliphatic heterocycles. The molecule has 1 saturated carbocycles. The van der Waals surface area contributed by atoms with Gasteiger partial charge in [0.2, 0.25) is 0 Å². The molecule has 2 bridgehead atoms. The van der Waals surface area contributed by atoms with Gasteiger partial charge < -0.3 is 14.6 Å². The van der Waals surface area contributed by atoms with E-state index in [-0.39, 0.29) is 5.91 Å². The number of fused-ring (bicyclic) bond motifs is 1. The monoisotopic (exact) mass is 221 g/mol. The number of rotatable bonds is 2. The van der Waals surface area contributed by atoms with Crippen molar-refractivity contribution in [2.75, 3.05) is 20.6 Å². The Morgan fingerprint density at radius 3 is 3.00 bits per heavy atom. The minimum atomic E-state index is -0.0740. The second-order valence-corrected chi connectivity index (χ2v) is 4.80. The predicted molar refractivity (Wildman–Crippen MR) is 57.2 cm³/mol. The maximum atomic E-state index is 11.9. The van der Waals surface area contributed by atoms with Gasteiger partial charge in [0.1, 0.15) is 5.76 Å². The van der Waals surface area contributed by atoms with Crippen molar-refractivity contribution in [1.82, 2.24) is 15.2 Å². The largest absolute Gasteiger partial charge is 0.447 e. The van der Waals surface area contributed by atoms with Crippen molar-refractivity contribution in [3.8, 4) is 0 Å². The van der Waals surface area contributed by atoms with E-state index in [1.54, 1.807) is 14.1 Å². The van der Waals surface area contributed by atoms with Crippen LogP contribution in [-0.2, 0) is 0 Å². The zero-order chi connectivity index (χ0) is 11.3. The van der Waals surface area contributed by atoms with Crippen LogP contribution in [0.1, 0.15) is 28.6 Å². The molecule has 3 unspecified atom stereocenters. The summed E-state index contributed by atoms with van der Waals surface area (Å²) in [4.78, 5) is 17.5. The molecule has 1 amide bonds. The molecule has 5 heteroatoms. The van der Waals surface area contributed by atoms with Gasteiger partial charge in [-0.2, -0.15) is 0 Å². The van der Waals surface area contributed by atoms with Gasteiger partial charge in [0.05, 0.1) is 0 Å². The van der Waals surface area contributed by atoms with Crippen LogP contribution in [0.5, 0.6) is 0 Å². The van der Waals surface area contributed by atoms with Gasteiger partial charge in [0.15, 0.2) is 12.1 Å². The quantitative estimate of drug-likeness (QED) is 0.787. The van der Waals surface area contributed by atoms with Gasteiger partial charge in [-0.05, 0) is 18.9 Å². The van der Waals surface area contributed by atoms with E-state index in [0.29, 0.717) is 23.6 Å². The first kappa shape index (κ1) is 9.84. The summed E-state index contributed by atoms with van der Waals surface area (Å²) in [5, 5.41) is 3.41. The second kappa shape index (κ2) is 3.31. The molecule has 1 aromatic heterocycles. The molecule has 0 aromatic carbocycles. The minimum absolute atomic E-state index is 0.0740. The van der Waals surface area contributed by atoms with Crippen LogP contribution in [0, 0.1) is 5.92 Å². The van der Waals surface area contributed by atoms with Crippen LogP contribution >= 0.6 is 0 Å². The summed E-state index contributed by atoms with van der Waals surface area (Å²) in [5.74, 6) is 1.66. The molecule has 0 spiro atoms. The highest BCUT2D eigenvalue weighted by atomic mass is 16.3. The van der Waals surface area contributed by atoms with Crippen LogP contribution in [0.4, 0.5) is 0 Å². The zero-order valence-corrected chi connectivity index (χ0v) is 9.43. The Labute approximate surface area is 93.8 Å². The van der Waals surface area contributed by atoms with Crippen molar-refractivity contribution in [1.29, 1.82) is 0 Å². The Balaban J connectivity index is 1.91. The summed E-state index contributed by atoms with van der Waals surface area (Å²) in [5.41, 5.74) is 0.480. The van der Waals surface area contributed by atoms with Gasteiger partial charge >= 0.3 is 0 Å². The van der Waals surface area contributed by atoms with E-state index in [4.69, 9.17) is 4.42 Å². The number of amides is 1. The molecule has 3 aliphatic rings. The van der Waals surface area contributed by atoms with Crippen molar-refractivity contribution in [2.45, 2.75) is 18.4 Å². The summed E-state index contributed by atoms with van der Waals surface area (Å²) >= 11 is 0. The van der Waals surface area contributed by atoms with E-state index >= 15 is 0 Å². The molecule has 4 rings (SSSR count). The molecule has 0 radical (unpaired) electrons. The molecule has 3 atom stereocenters. The molecular weight excluding hydrogens is 206 g/mol. The van der Waals surface area contributed by atoms with Crippen molar-refractivity contribution < 1.29 is 9.21 Å². The van der Waals surface area contributed by atoms with Crippen molar-refractivity contribution >= 4 is 5.91 Å². The lowest BCUT2D eigenvalue weighted by Gasteiger charge is -2.32. The van der Waals surface area contributed by atoms with Gasteiger partial charge in [0, 0.05) is 26.1 Å². The first-order valence-electron chi connectivity index (χ1n) is 5.57. The van der Waals surface area contributed by atoms with Gasteiger partial charge in [-0.15, -0.1) is 0 Å². The lowest BCUT2D eigenvalue weighted by Crippen LogP contribution is -2.36. The number of hydrogen-bond donors (Lipinski definition) is 1. The molecule has 1 aliphatic carbocycles. The topological polar surface area (TPSA) is 58.4 Å². The normalized spacial score (nSPS) is 31.2. The highest BCUT2D eigenvalue weighted by molar-refractivity contribution is 5.93. The number of oxazole rings is 1. The number of carbonyl (C=O) groups is 1. The number of nitrogens with zero attached hydrogens (tertiary/aromatic N) is 2. The number of aromatic nitrogens is 1. The van der Waals surface area contributed by atoms with Gasteiger partial charge in [-0.3, -0.25) is 4.79 Å². The highest BCUT2D eigenvalue weighted by Gasteiger charge is 2.50. The summed E-state index contributed by atoms with van der Waals surface area (Å²) < 4.78 is 5.42. The fourth-order valence-electron chi connectivity index (χ4n) is 2.74. The second-order valence-electron chi connectivity index (χ2n) is 4.80. The average Bonchev–Trinajstić information content (AvgIpc) is 2.90. The van der Waals surface area contributed by atoms with Gasteiger partial charge in [0.25, 0.3) is 5.91 Å². The predicted octanol–water partition coefficient (Wildman–Crippen LogP) is 0.452. The zero-order valence-electron chi connectivity index (χ0n) is 9.43. The Bertz CT molecular complexity index is 413. The number of carbonyl (C=O) groups excluding carboxylic acids is 1. The molecule has 3 fully saturated rings. The molecule has 1 aromatic rings. The van der Waals surface area contributed by atoms with Crippen LogP contribution in [0.2, 0.25) is 0 Å². The molecule has 86 valence electrons. The number of hydrogen-bond acceptors (Lipinski definition) is 4. The maximum Gasteiger partial charge on any atom is 0.275 e. The van der Waals surface area contributed by atoms with Crippen LogP contribution in [-0.4, -0.2) is 42.5 Å². The standard InChI is InChI=1S/C11H15N3O2/c1-14(2)11(15)9-10(16-5-13-9)8-6-3-7(8)12-4-6/h5-8,12H,3-4H2,1-2H3. The van der Waals surface area contributed by atoms with Crippen molar-refractivity contribution in [3.63, 3.8) is 0 Å². The molecule has 1 N–H and O–H groups in total. The smallest absolute Gasteiger partial charge is 0.275 e. The molecule has 5 nitrogen and oxygen atoms in total. The average molecular weight is 221 g/mol. The van der Waals surface area contributed by atoms with Gasteiger partial charge in [-0.25, -0.2) is 4.98 Å². The van der Waals surface area contributed by atoms with Gasteiger partial charge in [-0.1, -0.05) is 0 Å². The third kappa shape index (κ3) is 1.21. The van der Waals surface area contributed by atoms with E-state index in [1.165, 1.54) is 17.7 Å². The Hall–Kier alpha value is -1.36. The van der Waals surface area contributed by atoms with Crippen LogP contribution in [0.25, 0.3) is 0 Å². The molecule has 3 heterocycles. The summed E-state index contributed by atoms with van der Waals surface area (Å²) in [6, 6.07) is 0.478. The van der Waals surface area contributed by atoms with E-state index in [9.17, 15) is 4.79 Å². The van der Waals surface area contributed by atoms with Crippen LogP contribution in [0.15, 0.2) is 10.8 Å². The van der Waals surface area contributed by atoms with Crippen molar-refractivity contribution in [2.24, 2.45) is 5.92 Å². The SMILES string of the molecule is CN(C)C(=O)c1ncoc1C1C2CNC1C2. The van der Waals surface area contributed by atoms with Crippen LogP contribution < -0.4 is 5.32 Å². The molecule has 2 saturated heterocycles. The third-order valence-corrected chi connectivity index (χ3v) is 3.65. The highest BCUT2D eigenvalue weighted by Crippen LogP contribution is 2.47. The fourth-order valence-corrected chi connectivity index (χ4v) is 2.74. The molecule has 16 heavy (non-hydrogen) atoms. The Kier molecular flexibility index (Phi) is 2.04. The minimum Gasteiger partial charge on any atom is -0.447 e. The lowest BCUT2D eigenvalue weighted by atomic mass is 9.72. The van der Waals surface area contributed by atoms with E-state index < -0.39 is 0 Å². The Morgan fingerprint density at radius 2 is 2.44 bits per heavy atom. The van der Waals surface area contributed by atoms with E-state index in [2.05, 4.69) is 10.3 Å². The first-order valence-corrected chi connectivity index (χ1v) is 5.57. The summed E-state index contributed by atoms with van der Waals surface area (Å²) in [7, 11) is 3.46. The Morgan fingerprint density at radius 1 is 1.62 bits per heavy atom.